The number of ether oxygens (including phenoxy) is 1. The molecular formula is C20H22N2O3. The number of rotatable bonds is 6. The number of carbonyl (C=O) groups excluding carboxylic acids is 2. The van der Waals surface area contributed by atoms with Gasteiger partial charge in [0.25, 0.3) is 5.91 Å². The summed E-state index contributed by atoms with van der Waals surface area (Å²) in [6.07, 6.45) is 1.15. The number of hydrogen-bond acceptors (Lipinski definition) is 4. The van der Waals surface area contributed by atoms with Gasteiger partial charge in [-0.3, -0.25) is 4.79 Å². The van der Waals surface area contributed by atoms with Gasteiger partial charge in [-0.2, -0.15) is 0 Å². The molecule has 130 valence electrons. The molecule has 0 unspecified atom stereocenters. The Labute approximate surface area is 147 Å². The van der Waals surface area contributed by atoms with Crippen molar-refractivity contribution < 1.29 is 14.3 Å². The molecule has 0 aliphatic heterocycles. The summed E-state index contributed by atoms with van der Waals surface area (Å²) < 4.78 is 4.65. The Morgan fingerprint density at radius 2 is 1.76 bits per heavy atom. The minimum Gasteiger partial charge on any atom is -0.466 e. The van der Waals surface area contributed by atoms with Gasteiger partial charge in [-0.05, 0) is 36.6 Å². The average Bonchev–Trinajstić information content (AvgIpc) is 2.63. The molecule has 2 rings (SSSR count). The molecule has 0 spiro atoms. The molecule has 0 fully saturated rings. The zero-order chi connectivity index (χ0) is 18.2. The minimum absolute atomic E-state index is 0.136. The third-order valence-corrected chi connectivity index (χ3v) is 3.88. The van der Waals surface area contributed by atoms with Crippen molar-refractivity contribution in [1.82, 2.24) is 5.32 Å². The van der Waals surface area contributed by atoms with E-state index in [9.17, 15) is 9.59 Å². The minimum atomic E-state index is -0.595. The van der Waals surface area contributed by atoms with Gasteiger partial charge in [0.15, 0.2) is 0 Å². The van der Waals surface area contributed by atoms with E-state index >= 15 is 0 Å². The van der Waals surface area contributed by atoms with Crippen LogP contribution in [0.25, 0.3) is 0 Å². The number of anilines is 1. The molecule has 0 aliphatic rings. The lowest BCUT2D eigenvalue weighted by atomic mass is 10.1. The van der Waals surface area contributed by atoms with E-state index in [1.807, 2.05) is 62.4 Å². The highest BCUT2D eigenvalue weighted by Gasteiger charge is 2.13. The predicted octanol–water partition coefficient (Wildman–Crippen LogP) is 3.09. The molecule has 0 saturated heterocycles. The summed E-state index contributed by atoms with van der Waals surface area (Å²) in [5.41, 5.74) is 3.97. The van der Waals surface area contributed by atoms with Crippen LogP contribution >= 0.6 is 0 Å². The van der Waals surface area contributed by atoms with Crippen LogP contribution in [-0.2, 0) is 20.9 Å². The van der Waals surface area contributed by atoms with E-state index in [0.29, 0.717) is 6.54 Å². The lowest BCUT2D eigenvalue weighted by molar-refractivity contribution is -0.135. The molecule has 0 atom stereocenters. The van der Waals surface area contributed by atoms with Gasteiger partial charge in [0, 0.05) is 12.2 Å². The summed E-state index contributed by atoms with van der Waals surface area (Å²) in [7, 11) is 1.27. The molecule has 0 heterocycles. The van der Waals surface area contributed by atoms with Crippen molar-refractivity contribution in [1.29, 1.82) is 0 Å². The summed E-state index contributed by atoms with van der Waals surface area (Å²) in [4.78, 5) is 24.1. The number of aryl methyl sites for hydroxylation is 1. The van der Waals surface area contributed by atoms with Gasteiger partial charge < -0.3 is 15.4 Å². The summed E-state index contributed by atoms with van der Waals surface area (Å²) in [6, 6.07) is 15.3. The second-order valence-corrected chi connectivity index (χ2v) is 5.62. The zero-order valence-electron chi connectivity index (χ0n) is 14.6. The van der Waals surface area contributed by atoms with Crippen LogP contribution in [0.4, 0.5) is 5.69 Å². The van der Waals surface area contributed by atoms with E-state index < -0.39 is 5.97 Å². The first kappa shape index (κ1) is 18.3. The van der Waals surface area contributed by atoms with Crippen molar-refractivity contribution in [2.24, 2.45) is 0 Å². The summed E-state index contributed by atoms with van der Waals surface area (Å²) in [6.45, 7) is 4.31. The van der Waals surface area contributed by atoms with Gasteiger partial charge >= 0.3 is 5.97 Å². The molecule has 0 bridgehead atoms. The van der Waals surface area contributed by atoms with Gasteiger partial charge in [-0.15, -0.1) is 0 Å². The van der Waals surface area contributed by atoms with Gasteiger partial charge in [-0.25, -0.2) is 4.79 Å². The van der Waals surface area contributed by atoms with Crippen LogP contribution in [0.15, 0.2) is 60.3 Å². The molecule has 0 aromatic heterocycles. The van der Waals surface area contributed by atoms with Crippen molar-refractivity contribution >= 4 is 17.6 Å². The third-order valence-electron chi connectivity index (χ3n) is 3.88. The number of hydrogen-bond donors (Lipinski definition) is 2. The molecule has 2 aromatic carbocycles. The fourth-order valence-electron chi connectivity index (χ4n) is 2.24. The van der Waals surface area contributed by atoms with E-state index in [-0.39, 0.29) is 11.6 Å². The Balaban J connectivity index is 2.17. The van der Waals surface area contributed by atoms with Gasteiger partial charge in [0.05, 0.1) is 13.2 Å². The van der Waals surface area contributed by atoms with Crippen LogP contribution in [0, 0.1) is 13.8 Å². The number of carbonyl (C=O) groups is 2. The van der Waals surface area contributed by atoms with E-state index in [1.54, 1.807) is 0 Å². The van der Waals surface area contributed by atoms with Crippen LogP contribution in [0.2, 0.25) is 0 Å². The number of nitrogens with one attached hydrogen (secondary N) is 2. The van der Waals surface area contributed by atoms with Crippen molar-refractivity contribution in [2.45, 2.75) is 20.4 Å². The molecular weight excluding hydrogens is 316 g/mol. The van der Waals surface area contributed by atoms with Gasteiger partial charge in [0.1, 0.15) is 5.70 Å². The average molecular weight is 338 g/mol. The maximum absolute atomic E-state index is 12.5. The first-order valence-corrected chi connectivity index (χ1v) is 7.96. The maximum Gasteiger partial charge on any atom is 0.332 e. The quantitative estimate of drug-likeness (QED) is 0.627. The van der Waals surface area contributed by atoms with Crippen molar-refractivity contribution in [2.75, 3.05) is 12.4 Å². The molecule has 25 heavy (non-hydrogen) atoms. The maximum atomic E-state index is 12.5. The molecule has 5 nitrogen and oxygen atoms in total. The second-order valence-electron chi connectivity index (χ2n) is 5.62. The van der Waals surface area contributed by atoms with Crippen LogP contribution in [0.1, 0.15) is 16.7 Å². The first-order valence-electron chi connectivity index (χ1n) is 7.96. The molecule has 0 aliphatic carbocycles. The van der Waals surface area contributed by atoms with Gasteiger partial charge in [0.2, 0.25) is 0 Å². The molecule has 2 N–H and O–H groups in total. The predicted molar refractivity (Wildman–Crippen MR) is 97.9 cm³/mol. The number of esters is 1. The Kier molecular flexibility index (Phi) is 6.34. The smallest absolute Gasteiger partial charge is 0.332 e. The first-order chi connectivity index (χ1) is 12.0. The summed E-state index contributed by atoms with van der Waals surface area (Å²) in [5.74, 6) is -0.974. The number of methoxy groups -OCH3 is 1. The molecule has 5 heteroatoms. The highest BCUT2D eigenvalue weighted by atomic mass is 16.5. The largest absolute Gasteiger partial charge is 0.466 e. The molecule has 2 aromatic rings. The Bertz CT molecular complexity index is 783. The highest BCUT2D eigenvalue weighted by Crippen LogP contribution is 2.20. The number of amides is 1. The lowest BCUT2D eigenvalue weighted by Gasteiger charge is -2.14. The van der Waals surface area contributed by atoms with E-state index in [1.165, 1.54) is 7.11 Å². The molecule has 1 amide bonds. The van der Waals surface area contributed by atoms with Crippen molar-refractivity contribution in [3.05, 3.63) is 77.0 Å². The molecule has 0 radical (unpaired) electrons. The fraction of sp³-hybridized carbons (Fsp3) is 0.200. The Morgan fingerprint density at radius 3 is 2.44 bits per heavy atom. The van der Waals surface area contributed by atoms with Crippen LogP contribution in [0.3, 0.4) is 0 Å². The SMILES string of the molecule is COC(=O)/C=C(\Nc1cccc(C)c1C)C(=O)NCc1ccccc1. The Morgan fingerprint density at radius 1 is 1.04 bits per heavy atom. The van der Waals surface area contributed by atoms with E-state index in [0.717, 1.165) is 28.5 Å². The van der Waals surface area contributed by atoms with E-state index in [4.69, 9.17) is 0 Å². The fourth-order valence-corrected chi connectivity index (χ4v) is 2.24. The van der Waals surface area contributed by atoms with Crippen LogP contribution in [-0.4, -0.2) is 19.0 Å². The van der Waals surface area contributed by atoms with E-state index in [2.05, 4.69) is 15.4 Å². The standard InChI is InChI=1S/C20H22N2O3/c1-14-8-7-11-17(15(14)2)22-18(12-19(23)25-3)20(24)21-13-16-9-5-4-6-10-16/h4-12,22H,13H2,1-3H3,(H,21,24)/b18-12-. The summed E-state index contributed by atoms with van der Waals surface area (Å²) in [5, 5.41) is 5.84. The van der Waals surface area contributed by atoms with Crippen LogP contribution in [0.5, 0.6) is 0 Å². The van der Waals surface area contributed by atoms with Gasteiger partial charge in [-0.1, -0.05) is 42.5 Å². The zero-order valence-corrected chi connectivity index (χ0v) is 14.6. The third kappa shape index (κ3) is 5.21. The number of benzene rings is 2. The van der Waals surface area contributed by atoms with Crippen molar-refractivity contribution in [3.8, 4) is 0 Å². The Hall–Kier alpha value is -3.08. The summed E-state index contributed by atoms with van der Waals surface area (Å²) >= 11 is 0. The normalized spacial score (nSPS) is 10.9. The monoisotopic (exact) mass is 338 g/mol. The van der Waals surface area contributed by atoms with Crippen molar-refractivity contribution in [3.63, 3.8) is 0 Å². The molecule has 0 saturated carbocycles. The van der Waals surface area contributed by atoms with Crippen LogP contribution < -0.4 is 10.6 Å². The topological polar surface area (TPSA) is 67.4 Å². The lowest BCUT2D eigenvalue weighted by Crippen LogP contribution is -2.28. The second kappa shape index (κ2) is 8.68. The highest BCUT2D eigenvalue weighted by molar-refractivity contribution is 6.01.